The smallest absolute Gasteiger partial charge is 0.346 e. The molecule has 4 aromatic rings. The van der Waals surface area contributed by atoms with Crippen LogP contribution in [0.25, 0.3) is 0 Å². The topological polar surface area (TPSA) is 52.6 Å². The molecule has 0 heterocycles. The molecule has 0 N–H and O–H groups in total. The zero-order valence-electron chi connectivity index (χ0n) is 23.9. The second-order valence-electron chi connectivity index (χ2n) is 9.99. The zero-order chi connectivity index (χ0) is 28.9. The van der Waals surface area contributed by atoms with Crippen LogP contribution in [0.3, 0.4) is 0 Å². The predicted molar refractivity (Wildman–Crippen MR) is 154 cm³/mol. The molecule has 39 heavy (non-hydrogen) atoms. The number of rotatable bonds is 4. The Bertz CT molecular complexity index is 1470. The number of carbonyl (C=O) groups is 2. The number of hydrogen-bond acceptors (Lipinski definition) is 4. The summed E-state index contributed by atoms with van der Waals surface area (Å²) in [6, 6.07) is 19.2. The van der Waals surface area contributed by atoms with Crippen LogP contribution in [0, 0.1) is 61.2 Å². The van der Waals surface area contributed by atoms with Gasteiger partial charge in [-0.25, -0.2) is 14.0 Å². The molecule has 0 atom stereocenters. The predicted octanol–water partition coefficient (Wildman–Crippen LogP) is 8.42. The molecule has 0 unspecified atom stereocenters. The lowest BCUT2D eigenvalue weighted by Gasteiger charge is -2.10. The standard InChI is InChI=1S/C17H17FO2.C17H18O2/c1-10-5-6-15(16(18)7-10)17(19)20-14-8-11(2)13(4)12(3)9-14;1-11-5-7-15(8-6-11)17(18)19-16-9-12(2)14(4)13(3)10-16/h5-9H,1-4H3;5-10H,1-4H3. The number of benzene rings is 4. The van der Waals surface area contributed by atoms with E-state index in [0.717, 1.165) is 38.9 Å². The summed E-state index contributed by atoms with van der Waals surface area (Å²) in [5.41, 5.74) is 9.14. The van der Waals surface area contributed by atoms with Crippen molar-refractivity contribution >= 4 is 11.9 Å². The van der Waals surface area contributed by atoms with Crippen LogP contribution in [0.5, 0.6) is 11.5 Å². The first kappa shape index (κ1) is 29.3. The first-order valence-electron chi connectivity index (χ1n) is 12.8. The van der Waals surface area contributed by atoms with Gasteiger partial charge >= 0.3 is 11.9 Å². The van der Waals surface area contributed by atoms with Crippen LogP contribution in [0.1, 0.15) is 65.2 Å². The average molecular weight is 527 g/mol. The van der Waals surface area contributed by atoms with Gasteiger partial charge in [0.05, 0.1) is 11.1 Å². The Balaban J connectivity index is 0.000000216. The summed E-state index contributed by atoms with van der Waals surface area (Å²) in [6.07, 6.45) is 0. The summed E-state index contributed by atoms with van der Waals surface area (Å²) < 4.78 is 24.4. The Labute approximate surface area is 230 Å². The van der Waals surface area contributed by atoms with E-state index in [1.54, 1.807) is 37.3 Å². The van der Waals surface area contributed by atoms with Crippen LogP contribution < -0.4 is 9.47 Å². The maximum absolute atomic E-state index is 13.7. The number of halogens is 1. The van der Waals surface area contributed by atoms with Gasteiger partial charge in [0.25, 0.3) is 0 Å². The fraction of sp³-hybridized carbons (Fsp3) is 0.235. The van der Waals surface area contributed by atoms with Crippen molar-refractivity contribution in [3.8, 4) is 11.5 Å². The Hall–Kier alpha value is -4.25. The van der Waals surface area contributed by atoms with Crippen molar-refractivity contribution in [3.05, 3.63) is 128 Å². The Kier molecular flexibility index (Phi) is 9.42. The highest BCUT2D eigenvalue weighted by Crippen LogP contribution is 2.23. The molecule has 0 fully saturated rings. The number of ether oxygens (including phenoxy) is 2. The molecule has 0 bridgehead atoms. The van der Waals surface area contributed by atoms with Gasteiger partial charge in [0.2, 0.25) is 0 Å². The first-order chi connectivity index (χ1) is 18.3. The number of aryl methyl sites for hydroxylation is 6. The minimum Gasteiger partial charge on any atom is -0.423 e. The Morgan fingerprint density at radius 2 is 0.949 bits per heavy atom. The van der Waals surface area contributed by atoms with Crippen LogP contribution in [0.15, 0.2) is 66.7 Å². The maximum Gasteiger partial charge on any atom is 0.346 e. The summed E-state index contributed by atoms with van der Waals surface area (Å²) in [6.45, 7) is 15.8. The van der Waals surface area contributed by atoms with Crippen LogP contribution in [-0.4, -0.2) is 11.9 Å². The monoisotopic (exact) mass is 526 g/mol. The van der Waals surface area contributed by atoms with Crippen molar-refractivity contribution in [1.82, 2.24) is 0 Å². The summed E-state index contributed by atoms with van der Waals surface area (Å²) >= 11 is 0. The molecule has 0 spiro atoms. The molecule has 4 rings (SSSR count). The second kappa shape index (κ2) is 12.5. The minimum absolute atomic E-state index is 0.0496. The fourth-order valence-electron chi connectivity index (χ4n) is 3.91. The van der Waals surface area contributed by atoms with Gasteiger partial charge in [0.15, 0.2) is 0 Å². The highest BCUT2D eigenvalue weighted by Gasteiger charge is 2.15. The molecule has 0 aliphatic carbocycles. The average Bonchev–Trinajstić information content (AvgIpc) is 2.86. The molecule has 202 valence electrons. The molecule has 5 heteroatoms. The molecule has 0 saturated heterocycles. The third-order valence-corrected chi connectivity index (χ3v) is 6.85. The van der Waals surface area contributed by atoms with Gasteiger partial charge in [-0.3, -0.25) is 0 Å². The van der Waals surface area contributed by atoms with E-state index in [0.29, 0.717) is 17.1 Å². The molecule has 0 aliphatic heterocycles. The van der Waals surface area contributed by atoms with Gasteiger partial charge < -0.3 is 9.47 Å². The van der Waals surface area contributed by atoms with Gasteiger partial charge in [-0.05, 0) is 143 Å². The third-order valence-electron chi connectivity index (χ3n) is 6.85. The van der Waals surface area contributed by atoms with Crippen molar-refractivity contribution in [2.24, 2.45) is 0 Å². The van der Waals surface area contributed by atoms with Gasteiger partial charge in [-0.2, -0.15) is 0 Å². The summed E-state index contributed by atoms with van der Waals surface area (Å²) in [4.78, 5) is 24.0. The van der Waals surface area contributed by atoms with Crippen molar-refractivity contribution in [1.29, 1.82) is 0 Å². The van der Waals surface area contributed by atoms with Gasteiger partial charge in [0.1, 0.15) is 17.3 Å². The first-order valence-corrected chi connectivity index (χ1v) is 12.8. The summed E-state index contributed by atoms with van der Waals surface area (Å²) in [5, 5.41) is 0. The number of carbonyl (C=O) groups excluding carboxylic acids is 2. The van der Waals surface area contributed by atoms with E-state index < -0.39 is 11.8 Å². The number of hydrogen-bond donors (Lipinski definition) is 0. The third kappa shape index (κ3) is 7.64. The molecular formula is C34H35FO4. The van der Waals surface area contributed by atoms with Gasteiger partial charge in [-0.1, -0.05) is 23.8 Å². The molecular weight excluding hydrogens is 491 g/mol. The van der Waals surface area contributed by atoms with Crippen molar-refractivity contribution in [2.45, 2.75) is 55.4 Å². The zero-order valence-corrected chi connectivity index (χ0v) is 23.9. The van der Waals surface area contributed by atoms with Crippen LogP contribution in [0.4, 0.5) is 4.39 Å². The largest absolute Gasteiger partial charge is 0.423 e. The molecule has 0 amide bonds. The van der Waals surface area contributed by atoms with Gasteiger partial charge in [0, 0.05) is 0 Å². The Morgan fingerprint density at radius 3 is 1.38 bits per heavy atom. The molecule has 0 aliphatic rings. The van der Waals surface area contributed by atoms with E-state index in [9.17, 15) is 14.0 Å². The quantitative estimate of drug-likeness (QED) is 0.198. The lowest BCUT2D eigenvalue weighted by molar-refractivity contribution is 0.0722. The highest BCUT2D eigenvalue weighted by molar-refractivity contribution is 5.91. The maximum atomic E-state index is 13.7. The van der Waals surface area contributed by atoms with Crippen LogP contribution >= 0.6 is 0 Å². The van der Waals surface area contributed by atoms with Crippen LogP contribution in [-0.2, 0) is 0 Å². The SMILES string of the molecule is Cc1ccc(C(=O)Oc2cc(C)c(C)c(C)c2)c(F)c1.Cc1ccc(C(=O)Oc2cc(C)c(C)c(C)c2)cc1. The fourth-order valence-corrected chi connectivity index (χ4v) is 3.91. The van der Waals surface area contributed by atoms with E-state index in [2.05, 4.69) is 6.92 Å². The van der Waals surface area contributed by atoms with Crippen molar-refractivity contribution in [3.63, 3.8) is 0 Å². The molecule has 0 radical (unpaired) electrons. The normalized spacial score (nSPS) is 10.4. The Morgan fingerprint density at radius 1 is 0.538 bits per heavy atom. The second-order valence-corrected chi connectivity index (χ2v) is 9.99. The molecule has 0 saturated carbocycles. The van der Waals surface area contributed by atoms with E-state index in [4.69, 9.17) is 9.47 Å². The van der Waals surface area contributed by atoms with Crippen molar-refractivity contribution in [2.75, 3.05) is 0 Å². The summed E-state index contributed by atoms with van der Waals surface area (Å²) in [7, 11) is 0. The van der Waals surface area contributed by atoms with E-state index in [1.807, 2.05) is 65.8 Å². The highest BCUT2D eigenvalue weighted by atomic mass is 19.1. The van der Waals surface area contributed by atoms with E-state index in [-0.39, 0.29) is 11.5 Å². The lowest BCUT2D eigenvalue weighted by atomic mass is 10.0. The summed E-state index contributed by atoms with van der Waals surface area (Å²) in [5.74, 6) is -0.509. The lowest BCUT2D eigenvalue weighted by Crippen LogP contribution is -2.11. The molecule has 0 aromatic heterocycles. The van der Waals surface area contributed by atoms with Gasteiger partial charge in [-0.15, -0.1) is 0 Å². The van der Waals surface area contributed by atoms with Crippen LogP contribution in [0.2, 0.25) is 0 Å². The van der Waals surface area contributed by atoms with E-state index >= 15 is 0 Å². The van der Waals surface area contributed by atoms with Crippen molar-refractivity contribution < 1.29 is 23.5 Å². The molecule has 4 aromatic carbocycles. The number of esters is 2. The minimum atomic E-state index is -0.676. The molecule has 4 nitrogen and oxygen atoms in total. The van der Waals surface area contributed by atoms with E-state index in [1.165, 1.54) is 17.7 Å².